The van der Waals surface area contributed by atoms with Gasteiger partial charge >= 0.3 is 138 Å². The monoisotopic (exact) mass is 372 g/mol. The molecule has 2 N–H and O–H groups in total. The Morgan fingerprint density at radius 3 is 1.86 bits per heavy atom. The van der Waals surface area contributed by atoms with E-state index >= 15 is 0 Å². The Hall–Kier alpha value is -1.36. The molecule has 1 aromatic rings. The Bertz CT molecular complexity index is 528. The first-order chi connectivity index (χ1) is 10.3. The maximum atomic E-state index is 12.3. The van der Waals surface area contributed by atoms with Crippen LogP contribution in [0.2, 0.25) is 0 Å². The number of rotatable bonds is 5. The average molecular weight is 371 g/mol. The summed E-state index contributed by atoms with van der Waals surface area (Å²) in [5.74, 6) is -0.353. The fourth-order valence-electron chi connectivity index (χ4n) is 1.94. The molecule has 122 valence electrons. The second kappa shape index (κ2) is 7.77. The van der Waals surface area contributed by atoms with Gasteiger partial charge in [-0.05, 0) is 0 Å². The van der Waals surface area contributed by atoms with E-state index in [1.807, 2.05) is 12.1 Å². The molecule has 1 rings (SSSR count). The summed E-state index contributed by atoms with van der Waals surface area (Å²) < 4.78 is 5.92. The van der Waals surface area contributed by atoms with Crippen molar-refractivity contribution >= 4 is 31.2 Å². The first-order valence-electron chi connectivity index (χ1n) is 7.00. The molecule has 0 heterocycles. The van der Waals surface area contributed by atoms with Gasteiger partial charge < -0.3 is 0 Å². The van der Waals surface area contributed by atoms with Gasteiger partial charge in [0.1, 0.15) is 0 Å². The van der Waals surface area contributed by atoms with Crippen molar-refractivity contribution in [3.63, 3.8) is 0 Å². The van der Waals surface area contributed by atoms with Gasteiger partial charge in [0.15, 0.2) is 0 Å². The van der Waals surface area contributed by atoms with Crippen molar-refractivity contribution in [3.8, 4) is 0 Å². The predicted octanol–water partition coefficient (Wildman–Crippen LogP) is 0.637. The topological polar surface area (TPSA) is 67.4 Å². The Morgan fingerprint density at radius 2 is 1.55 bits per heavy atom. The fourth-order valence-corrected chi connectivity index (χ4v) is 3.73. The number of carbonyl (C=O) groups excluding carboxylic acids is 2. The van der Waals surface area contributed by atoms with Gasteiger partial charge in [-0.1, -0.05) is 0 Å². The van der Waals surface area contributed by atoms with Crippen LogP contribution < -0.4 is 15.1 Å². The van der Waals surface area contributed by atoms with E-state index in [4.69, 9.17) is 4.74 Å². The van der Waals surface area contributed by atoms with Crippen LogP contribution in [0.25, 0.3) is 0 Å². The molecular formula is C16H24N2O3Se. The summed E-state index contributed by atoms with van der Waals surface area (Å²) in [5, 5.41) is 5.32. The summed E-state index contributed by atoms with van der Waals surface area (Å²) in [6, 6.07) is 3.77. The summed E-state index contributed by atoms with van der Waals surface area (Å²) >= 11 is -0.116. The minimum absolute atomic E-state index is 0.116. The van der Waals surface area contributed by atoms with Crippen molar-refractivity contribution in [2.24, 2.45) is 0 Å². The van der Waals surface area contributed by atoms with Crippen LogP contribution >= 0.6 is 0 Å². The Kier molecular flexibility index (Phi) is 6.60. The van der Waals surface area contributed by atoms with Crippen LogP contribution in [0, 0.1) is 0 Å². The van der Waals surface area contributed by atoms with Crippen molar-refractivity contribution in [3.05, 3.63) is 28.8 Å². The van der Waals surface area contributed by atoms with E-state index in [1.165, 1.54) is 0 Å². The molecule has 0 saturated heterocycles. The number of hydrogen-bond donors (Lipinski definition) is 2. The first kappa shape index (κ1) is 18.7. The molecule has 0 radical (unpaired) electrons. The third-order valence-electron chi connectivity index (χ3n) is 3.22. The van der Waals surface area contributed by atoms with Gasteiger partial charge in [-0.2, -0.15) is 0 Å². The molecule has 0 bridgehead atoms. The van der Waals surface area contributed by atoms with E-state index < -0.39 is 0 Å². The zero-order valence-corrected chi connectivity index (χ0v) is 15.7. The number of ether oxygens (including phenoxy) is 1. The number of nitrogens with one attached hydrogen (secondary N) is 2. The van der Waals surface area contributed by atoms with Gasteiger partial charge in [-0.25, -0.2) is 0 Å². The van der Waals surface area contributed by atoms with Crippen molar-refractivity contribution in [1.29, 1.82) is 0 Å². The van der Waals surface area contributed by atoms with Gasteiger partial charge in [0.05, 0.1) is 0 Å². The average Bonchev–Trinajstić information content (AvgIpc) is 2.49. The van der Waals surface area contributed by atoms with Gasteiger partial charge in [-0.3, -0.25) is 0 Å². The normalized spacial score (nSPS) is 11.2. The molecule has 0 aromatic heterocycles. The number of benzene rings is 1. The van der Waals surface area contributed by atoms with Gasteiger partial charge in [-0.15, -0.1) is 0 Å². The number of methoxy groups -OCH3 is 1. The number of amides is 2. The Balaban J connectivity index is 3.60. The van der Waals surface area contributed by atoms with Crippen LogP contribution in [0.5, 0.6) is 0 Å². The molecule has 0 aliphatic rings. The van der Waals surface area contributed by atoms with Gasteiger partial charge in [0.2, 0.25) is 0 Å². The molecule has 22 heavy (non-hydrogen) atoms. The molecule has 5 nitrogen and oxygen atoms in total. The van der Waals surface area contributed by atoms with Crippen LogP contribution in [0.15, 0.2) is 12.1 Å². The van der Waals surface area contributed by atoms with E-state index in [2.05, 4.69) is 31.4 Å². The minimum atomic E-state index is -0.177. The molecule has 0 fully saturated rings. The summed E-state index contributed by atoms with van der Waals surface area (Å²) in [7, 11) is 4.81. The van der Waals surface area contributed by atoms with Crippen LogP contribution in [0.1, 0.15) is 47.1 Å². The SMILES string of the molecule is CNC(=O)c1cc(C(C)(C)C)cc(C(=O)NC)c1[Se]COC. The van der Waals surface area contributed by atoms with E-state index in [-0.39, 0.29) is 32.2 Å². The summed E-state index contributed by atoms with van der Waals surface area (Å²) in [4.78, 5) is 24.5. The Labute approximate surface area is 138 Å². The molecule has 0 aliphatic heterocycles. The molecule has 0 saturated carbocycles. The maximum absolute atomic E-state index is 12.3. The summed E-state index contributed by atoms with van der Waals surface area (Å²) in [6.07, 6.45) is 0. The molecule has 2 amide bonds. The molecule has 0 unspecified atom stereocenters. The van der Waals surface area contributed by atoms with Crippen LogP contribution in [-0.2, 0) is 10.2 Å². The van der Waals surface area contributed by atoms with Crippen LogP contribution in [0.4, 0.5) is 0 Å². The summed E-state index contributed by atoms with van der Waals surface area (Å²) in [5.41, 5.74) is 2.44. The van der Waals surface area contributed by atoms with Crippen LogP contribution in [0.3, 0.4) is 0 Å². The zero-order chi connectivity index (χ0) is 16.9. The van der Waals surface area contributed by atoms with Crippen molar-refractivity contribution < 1.29 is 14.3 Å². The quantitative estimate of drug-likeness (QED) is 0.747. The number of carbonyl (C=O) groups is 2. The molecule has 0 atom stereocenters. The first-order valence-corrected chi connectivity index (χ1v) is 9.07. The van der Waals surface area contributed by atoms with E-state index in [9.17, 15) is 9.59 Å². The zero-order valence-electron chi connectivity index (χ0n) is 14.0. The third kappa shape index (κ3) is 4.32. The van der Waals surface area contributed by atoms with Gasteiger partial charge in [0.25, 0.3) is 0 Å². The predicted molar refractivity (Wildman–Crippen MR) is 89.2 cm³/mol. The van der Waals surface area contributed by atoms with Gasteiger partial charge in [0, 0.05) is 0 Å². The molecule has 1 aromatic carbocycles. The van der Waals surface area contributed by atoms with Crippen molar-refractivity contribution in [1.82, 2.24) is 10.6 Å². The molecule has 0 aliphatic carbocycles. The van der Waals surface area contributed by atoms with Crippen molar-refractivity contribution in [2.45, 2.75) is 26.2 Å². The van der Waals surface area contributed by atoms with Crippen molar-refractivity contribution in [2.75, 3.05) is 26.7 Å². The fraction of sp³-hybridized carbons (Fsp3) is 0.500. The Morgan fingerprint density at radius 1 is 1.09 bits per heavy atom. The standard InChI is InChI=1S/C16H24N2O3Se/c1-16(2,3)10-7-11(14(19)17-4)13(22-9-21-6)12(8-10)15(20)18-5/h7-8H,9H2,1-6H3,(H,17,19)(H,18,20). The molecule has 6 heteroatoms. The van der Waals surface area contributed by atoms with E-state index in [0.717, 1.165) is 10.0 Å². The van der Waals surface area contributed by atoms with E-state index in [1.54, 1.807) is 21.2 Å². The molecule has 0 spiro atoms. The van der Waals surface area contributed by atoms with Crippen LogP contribution in [-0.4, -0.2) is 53.5 Å². The summed E-state index contributed by atoms with van der Waals surface area (Å²) in [6.45, 7) is 6.18. The third-order valence-corrected chi connectivity index (χ3v) is 5.49. The molecular weight excluding hydrogens is 347 g/mol. The second-order valence-electron chi connectivity index (χ2n) is 5.86. The van der Waals surface area contributed by atoms with E-state index in [0.29, 0.717) is 16.6 Å². The number of hydrogen-bond acceptors (Lipinski definition) is 3. The second-order valence-corrected chi connectivity index (χ2v) is 7.82.